The Morgan fingerprint density at radius 1 is 1.23 bits per heavy atom. The van der Waals surface area contributed by atoms with Crippen molar-refractivity contribution in [2.45, 2.75) is 6.43 Å². The number of pyridine rings is 1. The molecule has 0 atom stereocenters. The van der Waals surface area contributed by atoms with Gasteiger partial charge in [-0.1, -0.05) is 6.07 Å². The summed E-state index contributed by atoms with van der Waals surface area (Å²) in [6.07, 6.45) is 0.130. The molecule has 0 radical (unpaired) electrons. The number of rotatable bonds is 1. The van der Waals surface area contributed by atoms with Gasteiger partial charge in [-0.25, -0.2) is 9.74 Å². The second-order valence-corrected chi connectivity index (χ2v) is 1.72. The van der Waals surface area contributed by atoms with Crippen molar-refractivity contribution in [1.82, 2.24) is 4.98 Å². The summed E-state index contributed by atoms with van der Waals surface area (Å²) in [5, 5.41) is 0. The van der Waals surface area contributed by atoms with Gasteiger partial charge in [0, 0.05) is 16.9 Å². The monoisotopic (exact) mass is 193 g/mol. The maximum absolute atomic E-state index is 10.7. The molecule has 72 valence electrons. The summed E-state index contributed by atoms with van der Waals surface area (Å²) in [4.78, 5) is 15.1. The molecule has 0 aromatic carbocycles. The quantitative estimate of drug-likeness (QED) is 0.682. The van der Waals surface area contributed by atoms with E-state index in [2.05, 4.69) is 9.93 Å². The molecule has 0 aliphatic rings. The van der Waals surface area contributed by atoms with Crippen molar-refractivity contribution < 1.29 is 23.0 Å². The molecule has 0 saturated heterocycles. The average Bonchev–Trinajstić information content (AvgIpc) is 2.20. The minimum absolute atomic E-state index is 1.75. The SMILES string of the molecule is O=C(OF)C(F)F.c1ccncc1. The van der Waals surface area contributed by atoms with Crippen LogP contribution in [0.25, 0.3) is 0 Å². The summed E-state index contributed by atoms with van der Waals surface area (Å²) in [7, 11) is 0. The van der Waals surface area contributed by atoms with Crippen LogP contribution in [-0.4, -0.2) is 17.4 Å². The molecule has 0 amide bonds. The van der Waals surface area contributed by atoms with E-state index in [0.29, 0.717) is 0 Å². The molecular weight excluding hydrogens is 187 g/mol. The highest BCUT2D eigenvalue weighted by atomic mass is 19.3. The number of alkyl halides is 2. The molecule has 3 nitrogen and oxygen atoms in total. The molecule has 6 heteroatoms. The fraction of sp³-hybridized carbons (Fsp3) is 0.143. The van der Waals surface area contributed by atoms with Crippen molar-refractivity contribution in [2.75, 3.05) is 0 Å². The Labute approximate surface area is 72.1 Å². The molecule has 0 aliphatic heterocycles. The first-order valence-electron chi connectivity index (χ1n) is 3.14. The molecule has 0 fully saturated rings. The van der Waals surface area contributed by atoms with E-state index in [9.17, 15) is 13.3 Å². The molecule has 1 aromatic heterocycles. The summed E-state index contributed by atoms with van der Waals surface area (Å²) >= 11 is 0. The van der Waals surface area contributed by atoms with Crippen LogP contribution in [0.3, 0.4) is 0 Å². The number of nitrogens with zero attached hydrogens (tertiary/aromatic N) is 1. The Hall–Kier alpha value is -1.59. The number of halogens is 3. The molecule has 0 spiro atoms. The van der Waals surface area contributed by atoms with Crippen LogP contribution in [0, 0.1) is 0 Å². The lowest BCUT2D eigenvalue weighted by Gasteiger charge is -1.85. The van der Waals surface area contributed by atoms with Crippen molar-refractivity contribution >= 4 is 5.97 Å². The fourth-order valence-electron chi connectivity index (χ4n) is 0.346. The third kappa shape index (κ3) is 6.79. The highest BCUT2D eigenvalue weighted by Gasteiger charge is 2.16. The van der Waals surface area contributed by atoms with Crippen molar-refractivity contribution in [3.8, 4) is 0 Å². The van der Waals surface area contributed by atoms with E-state index in [1.807, 2.05) is 18.2 Å². The van der Waals surface area contributed by atoms with Crippen LogP contribution in [0.15, 0.2) is 30.6 Å². The third-order valence-electron chi connectivity index (χ3n) is 0.821. The predicted molar refractivity (Wildman–Crippen MR) is 37.4 cm³/mol. The van der Waals surface area contributed by atoms with Gasteiger partial charge in [-0.3, -0.25) is 4.98 Å². The highest BCUT2D eigenvalue weighted by molar-refractivity contribution is 5.71. The van der Waals surface area contributed by atoms with Gasteiger partial charge in [0.25, 0.3) is 0 Å². The highest BCUT2D eigenvalue weighted by Crippen LogP contribution is 1.94. The average molecular weight is 193 g/mol. The van der Waals surface area contributed by atoms with E-state index in [4.69, 9.17) is 4.79 Å². The van der Waals surface area contributed by atoms with Gasteiger partial charge in [-0.2, -0.15) is 8.78 Å². The standard InChI is InChI=1S/C5H5N.C2HF3O2/c1-2-4-6-5-3-1;3-1(4)2(6)7-5/h1-5H;1H. The normalized spacial score (nSPS) is 8.62. The molecule has 1 aromatic rings. The first kappa shape index (κ1) is 11.4. The van der Waals surface area contributed by atoms with Gasteiger partial charge in [0.05, 0.1) is 0 Å². The number of hydrogen-bond donors (Lipinski definition) is 0. The van der Waals surface area contributed by atoms with Crippen molar-refractivity contribution in [1.29, 1.82) is 0 Å². The van der Waals surface area contributed by atoms with Crippen LogP contribution in [0.5, 0.6) is 0 Å². The lowest BCUT2D eigenvalue weighted by molar-refractivity contribution is -0.196. The molecule has 0 unspecified atom stereocenters. The molecule has 0 aliphatic carbocycles. The van der Waals surface area contributed by atoms with Gasteiger partial charge in [0.15, 0.2) is 0 Å². The lowest BCUT2D eigenvalue weighted by atomic mass is 10.5. The zero-order chi connectivity index (χ0) is 10.1. The Morgan fingerprint density at radius 2 is 1.77 bits per heavy atom. The van der Waals surface area contributed by atoms with E-state index >= 15 is 0 Å². The summed E-state index contributed by atoms with van der Waals surface area (Å²) in [6, 6.07) is 5.72. The topological polar surface area (TPSA) is 39.2 Å². The van der Waals surface area contributed by atoms with E-state index in [-0.39, 0.29) is 0 Å². The zero-order valence-electron chi connectivity index (χ0n) is 6.36. The molecule has 0 N–H and O–H groups in total. The first-order chi connectivity index (χ1) is 6.18. The van der Waals surface area contributed by atoms with Crippen LogP contribution in [-0.2, 0) is 9.74 Å². The van der Waals surface area contributed by atoms with Crippen molar-refractivity contribution in [3.63, 3.8) is 0 Å². The number of carbonyl (C=O) groups excluding carboxylic acids is 1. The largest absolute Gasteiger partial charge is 0.414 e. The maximum atomic E-state index is 10.7. The fourth-order valence-corrected chi connectivity index (χ4v) is 0.346. The molecule has 0 saturated carbocycles. The first-order valence-corrected chi connectivity index (χ1v) is 3.14. The predicted octanol–water partition coefficient (Wildman–Crippen LogP) is 1.76. The molecular formula is C7H6F3NO2. The summed E-state index contributed by atoms with van der Waals surface area (Å²) in [5.41, 5.74) is 0. The van der Waals surface area contributed by atoms with Gasteiger partial charge in [-0.15, -0.1) is 0 Å². The van der Waals surface area contributed by atoms with Crippen LogP contribution >= 0.6 is 0 Å². The van der Waals surface area contributed by atoms with Crippen LogP contribution in [0.1, 0.15) is 0 Å². The molecule has 13 heavy (non-hydrogen) atoms. The number of carbonyl (C=O) groups is 1. The molecule has 0 bridgehead atoms. The van der Waals surface area contributed by atoms with E-state index < -0.39 is 12.4 Å². The smallest absolute Gasteiger partial charge is 0.265 e. The molecule has 1 rings (SSSR count). The minimum Gasteiger partial charge on any atom is -0.265 e. The summed E-state index contributed by atoms with van der Waals surface area (Å²) in [5.74, 6) is -2.15. The van der Waals surface area contributed by atoms with Gasteiger partial charge < -0.3 is 0 Å². The Bertz CT molecular complexity index is 204. The second-order valence-electron chi connectivity index (χ2n) is 1.72. The van der Waals surface area contributed by atoms with Crippen LogP contribution < -0.4 is 0 Å². The van der Waals surface area contributed by atoms with Gasteiger partial charge in [0.1, 0.15) is 0 Å². The number of aromatic nitrogens is 1. The molecule has 1 heterocycles. The summed E-state index contributed by atoms with van der Waals surface area (Å²) in [6.45, 7) is 0. The van der Waals surface area contributed by atoms with E-state index in [1.165, 1.54) is 0 Å². The van der Waals surface area contributed by atoms with E-state index in [1.54, 1.807) is 12.4 Å². The maximum Gasteiger partial charge on any atom is 0.414 e. The third-order valence-corrected chi connectivity index (χ3v) is 0.821. The van der Waals surface area contributed by atoms with Crippen molar-refractivity contribution in [2.24, 2.45) is 0 Å². The summed E-state index contributed by atoms with van der Waals surface area (Å²) < 4.78 is 31.7. The van der Waals surface area contributed by atoms with Crippen molar-refractivity contribution in [3.05, 3.63) is 30.6 Å². The van der Waals surface area contributed by atoms with Crippen LogP contribution in [0.2, 0.25) is 0 Å². The Morgan fingerprint density at radius 3 is 1.85 bits per heavy atom. The van der Waals surface area contributed by atoms with Crippen LogP contribution in [0.4, 0.5) is 13.3 Å². The Kier molecular flexibility index (Phi) is 6.21. The van der Waals surface area contributed by atoms with E-state index in [0.717, 1.165) is 0 Å². The van der Waals surface area contributed by atoms with Gasteiger partial charge in [0.2, 0.25) is 0 Å². The minimum atomic E-state index is -3.37. The van der Waals surface area contributed by atoms with Gasteiger partial charge >= 0.3 is 12.4 Å². The van der Waals surface area contributed by atoms with Gasteiger partial charge in [-0.05, 0) is 12.1 Å². The second kappa shape index (κ2) is 7.08. The zero-order valence-corrected chi connectivity index (χ0v) is 6.36. The number of hydrogen-bond acceptors (Lipinski definition) is 3. The Balaban J connectivity index is 0.000000223. The lowest BCUT2D eigenvalue weighted by Crippen LogP contribution is -2.08.